The van der Waals surface area contributed by atoms with Crippen molar-refractivity contribution in [1.82, 2.24) is 0 Å². The monoisotopic (exact) mass is 1470 g/mol. The molecule has 0 bridgehead atoms. The largest absolute Gasteiger partial charge is 0.0833 e. The molecule has 0 heterocycles. The Labute approximate surface area is 559 Å². The van der Waals surface area contributed by atoms with Gasteiger partial charge in [0.15, 0.2) is 0 Å². The Morgan fingerprint density at radius 1 is 0.0976 bits per heavy atom. The summed E-state index contributed by atoms with van der Waals surface area (Å²) in [5.41, 5.74) is 0.516. The van der Waals surface area contributed by atoms with Crippen LogP contribution >= 0.6 is 244 Å². The highest BCUT2D eigenvalue weighted by Crippen LogP contribution is 2.72. The Morgan fingerprint density at radius 3 is 0.293 bits per heavy atom. The van der Waals surface area contributed by atoms with Gasteiger partial charge in [0.05, 0.1) is 105 Å². The van der Waals surface area contributed by atoms with E-state index in [1.165, 1.54) is 0 Å². The molecule has 82 heavy (non-hydrogen) atoms. The van der Waals surface area contributed by atoms with E-state index in [-0.39, 0.29) is 95.4 Å². The SMILES string of the molecule is Cc1c(Cl)c2c3c(Cl)c(Cl)c(Cl)c4c5c(Cl)c(Cl)c6c7c(Cl)c(Cl)c(Cl)c8c9c(Cl)c(Cl)c(Cl)c%10c%11c(Cl)c(Cl)c(Cl)c%12c%13c(Cl)c(Cl)c%14c%15c(Cl)c(Cl)c(Cl)c%16c(c1Cl)c2c1c(c34)c2c5c6c3c(c87)c(c9%10)c(c%11%12)c4c%13c%14c(c1c%16%15)c2c34. The van der Waals surface area contributed by atoms with Gasteiger partial charge in [-0.25, -0.2) is 0 Å². The van der Waals surface area contributed by atoms with Crippen molar-refractivity contribution in [2.24, 2.45) is 0 Å². The number of hydrogen-bond acceptors (Lipinski definition) is 0. The van der Waals surface area contributed by atoms with Crippen molar-refractivity contribution in [3.8, 4) is 0 Å². The van der Waals surface area contributed by atoms with Crippen molar-refractivity contribution in [2.75, 3.05) is 0 Å². The molecule has 0 radical (unpaired) electrons. The lowest BCUT2D eigenvalue weighted by Gasteiger charge is -2.35. The van der Waals surface area contributed by atoms with Gasteiger partial charge in [-0.05, 0) is 12.5 Å². The molecule has 0 aliphatic carbocycles. The first-order valence-electron chi connectivity index (χ1n) is 24.2. The van der Waals surface area contributed by atoms with E-state index in [0.717, 1.165) is 43.1 Å². The van der Waals surface area contributed by atoms with Crippen LogP contribution in [0.25, 0.3) is 205 Å². The van der Waals surface area contributed by atoms with E-state index in [2.05, 4.69) is 0 Å². The summed E-state index contributed by atoms with van der Waals surface area (Å²) < 4.78 is 0. The lowest BCUT2D eigenvalue weighted by Crippen LogP contribution is -2.06. The van der Waals surface area contributed by atoms with Crippen LogP contribution in [0.2, 0.25) is 105 Å². The molecule has 0 aliphatic rings. The van der Waals surface area contributed by atoms with Crippen LogP contribution in [0.1, 0.15) is 5.56 Å². The summed E-state index contributed by atoms with van der Waals surface area (Å²) in [5.74, 6) is 0. The van der Waals surface area contributed by atoms with Crippen LogP contribution < -0.4 is 0 Å². The summed E-state index contributed by atoms with van der Waals surface area (Å²) in [6.07, 6.45) is 0. The van der Waals surface area contributed by atoms with Gasteiger partial charge in [0.25, 0.3) is 0 Å². The van der Waals surface area contributed by atoms with Gasteiger partial charge in [0, 0.05) is 205 Å². The number of rotatable bonds is 0. The van der Waals surface area contributed by atoms with Gasteiger partial charge in [-0.3, -0.25) is 0 Å². The van der Waals surface area contributed by atoms with Gasteiger partial charge >= 0.3 is 0 Å². The second-order valence-electron chi connectivity index (χ2n) is 21.5. The minimum Gasteiger partial charge on any atom is -0.0833 e. The molecule has 0 atom stereocenters. The third-order valence-electron chi connectivity index (χ3n) is 18.7. The molecule has 0 N–H and O–H groups in total. The molecule has 0 saturated carbocycles. The molecular formula is C61H3Cl21. The van der Waals surface area contributed by atoms with Crippen molar-refractivity contribution in [3.63, 3.8) is 0 Å². The quantitative estimate of drug-likeness (QED) is 0.0806. The van der Waals surface area contributed by atoms with Crippen LogP contribution in [0.15, 0.2) is 0 Å². The molecule has 21 heteroatoms. The summed E-state index contributed by atoms with van der Waals surface area (Å²) >= 11 is 162. The Bertz CT molecular complexity index is 5880. The Balaban J connectivity index is 1.35. The van der Waals surface area contributed by atoms with E-state index in [1.54, 1.807) is 0 Å². The molecule has 0 saturated heterocycles. The first-order chi connectivity index (χ1) is 39.0. The first-order valence-corrected chi connectivity index (χ1v) is 32.2. The smallest absolute Gasteiger partial charge is 0.0791 e. The van der Waals surface area contributed by atoms with Gasteiger partial charge < -0.3 is 0 Å². The standard InChI is InChI=1S/C61H3Cl21/c1-2-41(62)25-19-13-9-5-3-4-7-11-14-12-8(4)18-16-6(3)10(13)21-32(26(19)42(2)63)48(69)58(79)50(71)34(21)28(16)44(65)46(67)30(18)36-23(12)38(54(75)60(81)52(36)73)40-24(14)39(55(76)61(82)56(40)77)37-22(11)35(51(72)59(80)53(37)74)29-17(7)15(5)27(43(64)45(29)66)33-20(9)31(25)47(68)57(78)49(33)70/h1H3. The molecule has 20 aromatic carbocycles. The van der Waals surface area contributed by atoms with Crippen molar-refractivity contribution < 1.29 is 0 Å². The number of benzene rings is 20. The van der Waals surface area contributed by atoms with E-state index in [1.807, 2.05) is 6.92 Å². The van der Waals surface area contributed by atoms with Crippen LogP contribution in [0.4, 0.5) is 0 Å². The predicted octanol–water partition coefficient (Wildman–Crippen LogP) is 31.4. The molecule has 0 amide bonds. The fraction of sp³-hybridized carbons (Fsp3) is 0.0164. The highest BCUT2D eigenvalue weighted by molar-refractivity contribution is 6.77. The van der Waals surface area contributed by atoms with E-state index in [4.69, 9.17) is 244 Å². The van der Waals surface area contributed by atoms with E-state index in [9.17, 15) is 0 Å². The molecule has 20 rings (SSSR count). The fourth-order valence-electron chi connectivity index (χ4n) is 16.3. The van der Waals surface area contributed by atoms with Crippen molar-refractivity contribution in [1.29, 1.82) is 0 Å². The second-order valence-corrected chi connectivity index (χ2v) is 29.4. The van der Waals surface area contributed by atoms with Gasteiger partial charge in [-0.1, -0.05) is 244 Å². The average molecular weight is 1480 g/mol. The second kappa shape index (κ2) is 15.3. The predicted molar refractivity (Wildman–Crippen MR) is 372 cm³/mol. The molecule has 0 aliphatic heterocycles. The normalized spacial score (nSPS) is 14.0. The van der Waals surface area contributed by atoms with Gasteiger partial charge in [-0.2, -0.15) is 0 Å². The molecular weight excluding hydrogens is 1480 g/mol. The summed E-state index contributed by atoms with van der Waals surface area (Å²) in [6, 6.07) is 0. The summed E-state index contributed by atoms with van der Waals surface area (Å²) in [4.78, 5) is 0. The Kier molecular flexibility index (Phi) is 9.55. The first kappa shape index (κ1) is 51.2. The zero-order valence-corrected chi connectivity index (χ0v) is 54.8. The van der Waals surface area contributed by atoms with Crippen molar-refractivity contribution >= 4 is 448 Å². The highest BCUT2D eigenvalue weighted by Gasteiger charge is 2.43. The zero-order valence-electron chi connectivity index (χ0n) is 38.9. The fourth-order valence-corrected chi connectivity index (χ4v) is 22.0. The molecule has 394 valence electrons. The zero-order chi connectivity index (χ0) is 56.6. The topological polar surface area (TPSA) is 0 Å². The minimum absolute atomic E-state index is 0.00425. The van der Waals surface area contributed by atoms with Gasteiger partial charge in [0.1, 0.15) is 0 Å². The van der Waals surface area contributed by atoms with E-state index < -0.39 is 0 Å². The number of hydrogen-bond donors (Lipinski definition) is 0. The molecule has 0 unspecified atom stereocenters. The lowest BCUT2D eigenvalue weighted by molar-refractivity contribution is 1.53. The number of fused-ring (bicyclic) bond motifs is 8. The molecule has 0 spiro atoms. The number of halogens is 21. The van der Waals surface area contributed by atoms with Crippen molar-refractivity contribution in [2.45, 2.75) is 6.92 Å². The molecule has 0 aromatic heterocycles. The van der Waals surface area contributed by atoms with Crippen LogP contribution in [0.5, 0.6) is 0 Å². The summed E-state index contributed by atoms with van der Waals surface area (Å²) in [6.45, 7) is 1.82. The lowest BCUT2D eigenvalue weighted by atomic mass is 9.69. The van der Waals surface area contributed by atoms with Gasteiger partial charge in [-0.15, -0.1) is 0 Å². The molecule has 0 fully saturated rings. The van der Waals surface area contributed by atoms with E-state index in [0.29, 0.717) is 177 Å². The van der Waals surface area contributed by atoms with Crippen LogP contribution in [0.3, 0.4) is 0 Å². The third kappa shape index (κ3) is 4.73. The maximum atomic E-state index is 8.04. The minimum atomic E-state index is -0.00472. The Morgan fingerprint density at radius 2 is 0.171 bits per heavy atom. The maximum absolute atomic E-state index is 8.04. The van der Waals surface area contributed by atoms with Gasteiger partial charge in [0.2, 0.25) is 0 Å². The molecule has 20 aromatic rings. The van der Waals surface area contributed by atoms with Crippen LogP contribution in [-0.4, -0.2) is 0 Å². The van der Waals surface area contributed by atoms with Crippen molar-refractivity contribution in [3.05, 3.63) is 111 Å². The highest BCUT2D eigenvalue weighted by atomic mass is 35.5. The maximum Gasteiger partial charge on any atom is 0.0791 e. The third-order valence-corrected chi connectivity index (χ3v) is 28.0. The Hall–Kier alpha value is -1.71. The average Bonchev–Trinajstić information content (AvgIpc) is 0.705. The van der Waals surface area contributed by atoms with Crippen LogP contribution in [-0.2, 0) is 0 Å². The van der Waals surface area contributed by atoms with E-state index >= 15 is 0 Å². The van der Waals surface area contributed by atoms with Crippen LogP contribution in [0, 0.1) is 6.92 Å². The summed E-state index contributed by atoms with van der Waals surface area (Å²) in [7, 11) is 0. The molecule has 0 nitrogen and oxygen atoms in total. The summed E-state index contributed by atoms with van der Waals surface area (Å²) in [5, 5.41) is 24.1.